The average Bonchev–Trinajstić information content (AvgIpc) is 2.63. The van der Waals surface area contributed by atoms with Crippen LogP contribution in [0.4, 0.5) is 8.78 Å². The molecule has 1 saturated heterocycles. The number of halogens is 2. The van der Waals surface area contributed by atoms with E-state index in [1.165, 1.54) is 0 Å². The Morgan fingerprint density at radius 3 is 2.61 bits per heavy atom. The van der Waals surface area contributed by atoms with Gasteiger partial charge in [-0.3, -0.25) is 0 Å². The monoisotopic (exact) mass is 263 g/mol. The SMILES string of the molecule is CCCOC(=O)/C(=C/C(=O)O)N1CCC(F)(F)C1. The van der Waals surface area contributed by atoms with Crippen molar-refractivity contribution < 1.29 is 28.2 Å². The average molecular weight is 263 g/mol. The summed E-state index contributed by atoms with van der Waals surface area (Å²) in [5.74, 6) is -5.14. The molecule has 0 saturated carbocycles. The number of carbonyl (C=O) groups excluding carboxylic acids is 1. The van der Waals surface area contributed by atoms with Crippen LogP contribution in [0.1, 0.15) is 19.8 Å². The number of nitrogens with zero attached hydrogens (tertiary/aromatic N) is 1. The van der Waals surface area contributed by atoms with Gasteiger partial charge in [-0.25, -0.2) is 18.4 Å². The Labute approximate surface area is 103 Å². The van der Waals surface area contributed by atoms with Gasteiger partial charge in [0.05, 0.1) is 19.2 Å². The number of carbonyl (C=O) groups is 2. The molecule has 0 atom stereocenters. The lowest BCUT2D eigenvalue weighted by Gasteiger charge is -2.19. The fourth-order valence-electron chi connectivity index (χ4n) is 1.61. The van der Waals surface area contributed by atoms with E-state index >= 15 is 0 Å². The molecular weight excluding hydrogens is 248 g/mol. The molecule has 0 amide bonds. The highest BCUT2D eigenvalue weighted by Gasteiger charge is 2.40. The molecule has 0 aromatic heterocycles. The molecule has 1 rings (SSSR count). The van der Waals surface area contributed by atoms with E-state index in [2.05, 4.69) is 0 Å². The fourth-order valence-corrected chi connectivity index (χ4v) is 1.61. The predicted molar refractivity (Wildman–Crippen MR) is 58.1 cm³/mol. The van der Waals surface area contributed by atoms with E-state index in [1.807, 2.05) is 0 Å². The zero-order valence-electron chi connectivity index (χ0n) is 9.99. The summed E-state index contributed by atoms with van der Waals surface area (Å²) in [6.45, 7) is 1.18. The lowest BCUT2D eigenvalue weighted by atomic mass is 10.3. The highest BCUT2D eigenvalue weighted by molar-refractivity contribution is 5.95. The highest BCUT2D eigenvalue weighted by atomic mass is 19.3. The maximum atomic E-state index is 13.0. The summed E-state index contributed by atoms with van der Waals surface area (Å²) in [5.41, 5.74) is -0.326. The molecule has 0 bridgehead atoms. The summed E-state index contributed by atoms with van der Waals surface area (Å²) >= 11 is 0. The van der Waals surface area contributed by atoms with Crippen molar-refractivity contribution in [2.24, 2.45) is 0 Å². The van der Waals surface area contributed by atoms with Gasteiger partial charge >= 0.3 is 11.9 Å². The number of carboxylic acid groups (broad SMARTS) is 1. The van der Waals surface area contributed by atoms with E-state index in [1.54, 1.807) is 6.92 Å². The van der Waals surface area contributed by atoms with Gasteiger partial charge in [-0.05, 0) is 6.42 Å². The van der Waals surface area contributed by atoms with Gasteiger partial charge in [-0.1, -0.05) is 6.92 Å². The number of hydrogen-bond acceptors (Lipinski definition) is 4. The number of esters is 1. The standard InChI is InChI=1S/C11H15F2NO4/c1-2-5-18-10(17)8(6-9(15)16)14-4-3-11(12,13)7-14/h6H,2-5,7H2,1H3,(H,15,16)/b8-6-. The Morgan fingerprint density at radius 1 is 1.50 bits per heavy atom. The van der Waals surface area contributed by atoms with E-state index in [9.17, 15) is 18.4 Å². The summed E-state index contributed by atoms with van der Waals surface area (Å²) in [6, 6.07) is 0. The molecular formula is C11H15F2NO4. The van der Waals surface area contributed by atoms with Crippen LogP contribution in [0.15, 0.2) is 11.8 Å². The third kappa shape index (κ3) is 3.97. The molecule has 0 aromatic rings. The number of aliphatic carboxylic acids is 1. The van der Waals surface area contributed by atoms with Crippen molar-refractivity contribution in [1.82, 2.24) is 4.90 Å². The Bertz CT molecular complexity index is 368. The lowest BCUT2D eigenvalue weighted by molar-refractivity contribution is -0.142. The highest BCUT2D eigenvalue weighted by Crippen LogP contribution is 2.29. The number of carboxylic acids is 1. The van der Waals surface area contributed by atoms with Crippen molar-refractivity contribution in [3.8, 4) is 0 Å². The van der Waals surface area contributed by atoms with Crippen LogP contribution in [-0.4, -0.2) is 47.6 Å². The molecule has 7 heteroatoms. The Balaban J connectivity index is 2.80. The molecule has 0 spiro atoms. The minimum atomic E-state index is -2.90. The molecule has 0 radical (unpaired) electrons. The molecule has 5 nitrogen and oxygen atoms in total. The van der Waals surface area contributed by atoms with Crippen LogP contribution in [0, 0.1) is 0 Å². The lowest BCUT2D eigenvalue weighted by Crippen LogP contribution is -2.30. The Hall–Kier alpha value is -1.66. The van der Waals surface area contributed by atoms with Gasteiger partial charge in [-0.2, -0.15) is 0 Å². The first-order valence-corrected chi connectivity index (χ1v) is 5.60. The molecule has 102 valence electrons. The van der Waals surface area contributed by atoms with Crippen LogP contribution in [0.3, 0.4) is 0 Å². The minimum Gasteiger partial charge on any atom is -0.478 e. The largest absolute Gasteiger partial charge is 0.478 e. The normalized spacial score (nSPS) is 18.8. The summed E-state index contributed by atoms with van der Waals surface area (Å²) in [5, 5.41) is 8.65. The Kier molecular flexibility index (Phi) is 4.63. The quantitative estimate of drug-likeness (QED) is 0.597. The van der Waals surface area contributed by atoms with Crippen LogP contribution < -0.4 is 0 Å². The first-order valence-electron chi connectivity index (χ1n) is 5.60. The molecule has 1 N–H and O–H groups in total. The van der Waals surface area contributed by atoms with Gasteiger partial charge < -0.3 is 14.7 Å². The zero-order valence-corrected chi connectivity index (χ0v) is 9.99. The number of ether oxygens (including phenoxy) is 1. The van der Waals surface area contributed by atoms with E-state index < -0.39 is 30.8 Å². The molecule has 1 fully saturated rings. The van der Waals surface area contributed by atoms with Crippen LogP contribution in [0.25, 0.3) is 0 Å². The van der Waals surface area contributed by atoms with Crippen LogP contribution in [0.5, 0.6) is 0 Å². The zero-order chi connectivity index (χ0) is 13.8. The van der Waals surface area contributed by atoms with E-state index in [-0.39, 0.29) is 18.8 Å². The molecule has 1 aliphatic rings. The smallest absolute Gasteiger partial charge is 0.354 e. The molecule has 1 heterocycles. The third-order valence-corrected chi connectivity index (χ3v) is 2.42. The first-order chi connectivity index (χ1) is 8.35. The molecule has 1 aliphatic heterocycles. The number of rotatable bonds is 5. The van der Waals surface area contributed by atoms with Crippen molar-refractivity contribution in [2.75, 3.05) is 19.7 Å². The molecule has 18 heavy (non-hydrogen) atoms. The van der Waals surface area contributed by atoms with Crippen molar-refractivity contribution >= 4 is 11.9 Å². The van der Waals surface area contributed by atoms with Crippen LogP contribution in [-0.2, 0) is 14.3 Å². The number of alkyl halides is 2. The van der Waals surface area contributed by atoms with E-state index in [0.717, 1.165) is 4.90 Å². The predicted octanol–water partition coefficient (Wildman–Crippen LogP) is 1.25. The van der Waals surface area contributed by atoms with E-state index in [0.29, 0.717) is 12.5 Å². The number of hydrogen-bond donors (Lipinski definition) is 1. The van der Waals surface area contributed by atoms with E-state index in [4.69, 9.17) is 9.84 Å². The third-order valence-electron chi connectivity index (χ3n) is 2.42. The second kappa shape index (κ2) is 5.79. The van der Waals surface area contributed by atoms with Crippen molar-refractivity contribution in [1.29, 1.82) is 0 Å². The summed E-state index contributed by atoms with van der Waals surface area (Å²) in [7, 11) is 0. The molecule has 0 aromatic carbocycles. The minimum absolute atomic E-state index is 0.0622. The summed E-state index contributed by atoms with van der Waals surface area (Å²) < 4.78 is 30.9. The second-order valence-corrected chi connectivity index (χ2v) is 4.03. The van der Waals surface area contributed by atoms with Crippen LogP contribution in [0.2, 0.25) is 0 Å². The van der Waals surface area contributed by atoms with Crippen LogP contribution >= 0.6 is 0 Å². The first kappa shape index (κ1) is 14.4. The van der Waals surface area contributed by atoms with Gasteiger partial charge in [0.2, 0.25) is 0 Å². The topological polar surface area (TPSA) is 66.8 Å². The maximum absolute atomic E-state index is 13.0. The number of likely N-dealkylation sites (tertiary alicyclic amines) is 1. The van der Waals surface area contributed by atoms with Gasteiger partial charge in [0.1, 0.15) is 5.70 Å². The van der Waals surface area contributed by atoms with Gasteiger partial charge in [0, 0.05) is 13.0 Å². The van der Waals surface area contributed by atoms with Gasteiger partial charge in [0.25, 0.3) is 5.92 Å². The fraction of sp³-hybridized carbons (Fsp3) is 0.636. The van der Waals surface area contributed by atoms with Crippen molar-refractivity contribution in [3.63, 3.8) is 0 Å². The van der Waals surface area contributed by atoms with Gasteiger partial charge in [0.15, 0.2) is 0 Å². The molecule has 0 unspecified atom stereocenters. The Morgan fingerprint density at radius 2 is 2.17 bits per heavy atom. The summed E-state index contributed by atoms with van der Waals surface area (Å²) in [4.78, 5) is 23.3. The molecule has 0 aliphatic carbocycles. The van der Waals surface area contributed by atoms with Crippen molar-refractivity contribution in [2.45, 2.75) is 25.7 Å². The summed E-state index contributed by atoms with van der Waals surface area (Å²) in [6.07, 6.45) is 0.784. The van der Waals surface area contributed by atoms with Crippen molar-refractivity contribution in [3.05, 3.63) is 11.8 Å². The van der Waals surface area contributed by atoms with Gasteiger partial charge in [-0.15, -0.1) is 0 Å². The maximum Gasteiger partial charge on any atom is 0.354 e. The second-order valence-electron chi connectivity index (χ2n) is 4.03.